The number of aliphatic hydroxyl groups is 1. The number of esters is 1. The maximum atomic E-state index is 14.3. The van der Waals surface area contributed by atoms with Crippen LogP contribution in [0.4, 0.5) is 127 Å². The number of alkyl halides is 29. The first-order chi connectivity index (χ1) is 30.1. The van der Waals surface area contributed by atoms with Crippen LogP contribution in [0.5, 0.6) is 0 Å². The standard InChI is InChI=1S/C16H30O4.C15H3F29O5/c1-6-7-8-9-10-18-14(4)11-19-15(5)12-20-16(17)13(2)3;16-2(1-45,7(22,23)24)46-13(39,40)4(19,9(28,29)30)48-15(43,44)6(21,11(34,35)36)49-14(41,42)5(20,10(31,32)33)47-12(37,38)3(17,18)8(25,26)27/h14-15H,2,6-12H2,1,3-5H3;45H,1H2. The van der Waals surface area contributed by atoms with Crippen LogP contribution in [0.1, 0.15) is 53.4 Å². The van der Waals surface area contributed by atoms with E-state index in [4.69, 9.17) is 19.3 Å². The number of halogens is 29. The molecule has 0 aromatic carbocycles. The van der Waals surface area contributed by atoms with Gasteiger partial charge in [-0.3, -0.25) is 18.9 Å². The van der Waals surface area contributed by atoms with Crippen LogP contribution in [0.2, 0.25) is 0 Å². The molecule has 0 amide bonds. The Balaban J connectivity index is 0. The van der Waals surface area contributed by atoms with E-state index in [0.717, 1.165) is 27.2 Å². The first kappa shape index (κ1) is 68.0. The third-order valence-corrected chi connectivity index (χ3v) is 7.47. The summed E-state index contributed by atoms with van der Waals surface area (Å²) in [6, 6.07) is 0. The summed E-state index contributed by atoms with van der Waals surface area (Å²) in [4.78, 5) is 11.2. The quantitative estimate of drug-likeness (QED) is 0.0414. The second-order valence-corrected chi connectivity index (χ2v) is 13.5. The Morgan fingerprint density at radius 1 is 0.478 bits per heavy atom. The van der Waals surface area contributed by atoms with E-state index >= 15 is 0 Å². The molecule has 0 spiro atoms. The largest absolute Gasteiger partial charge is 0.462 e. The van der Waals surface area contributed by atoms with Crippen LogP contribution in [0.3, 0.4) is 0 Å². The van der Waals surface area contributed by atoms with Crippen LogP contribution in [-0.2, 0) is 38.0 Å². The van der Waals surface area contributed by atoms with Crippen molar-refractivity contribution in [2.75, 3.05) is 26.4 Å². The van der Waals surface area contributed by atoms with Gasteiger partial charge in [0.2, 0.25) is 0 Å². The zero-order chi connectivity index (χ0) is 55.9. The summed E-state index contributed by atoms with van der Waals surface area (Å²) in [6.07, 6.45) is -72.0. The van der Waals surface area contributed by atoms with Crippen molar-refractivity contribution in [3.05, 3.63) is 12.2 Å². The van der Waals surface area contributed by atoms with Gasteiger partial charge in [-0.15, -0.1) is 0 Å². The van der Waals surface area contributed by atoms with Crippen molar-refractivity contribution in [2.24, 2.45) is 0 Å². The summed E-state index contributed by atoms with van der Waals surface area (Å²) in [7, 11) is 0. The topological polar surface area (TPSA) is 102 Å². The lowest BCUT2D eigenvalue weighted by Crippen LogP contribution is -2.72. The number of rotatable bonds is 25. The predicted molar refractivity (Wildman–Crippen MR) is 163 cm³/mol. The minimum absolute atomic E-state index is 0.0657. The molecule has 0 aromatic rings. The van der Waals surface area contributed by atoms with E-state index in [9.17, 15) is 132 Å². The number of aliphatic hydroxyl groups excluding tert-OH is 1. The van der Waals surface area contributed by atoms with Gasteiger partial charge in [-0.05, 0) is 27.2 Å². The molecule has 0 bridgehead atoms. The summed E-state index contributed by atoms with van der Waals surface area (Å²) in [5, 5.41) is 8.11. The number of carbonyl (C=O) groups is 1. The highest BCUT2D eigenvalue weighted by Gasteiger charge is 2.90. The van der Waals surface area contributed by atoms with E-state index in [2.05, 4.69) is 13.5 Å². The molecule has 1 N–H and O–H groups in total. The SMILES string of the molecule is C=C(C)C(=O)OCC(C)OCC(C)OCCCCCC.OCC(F)(OC(F)(F)C(F)(OC(F)(F)C(F)(OC(F)(F)C(F)(OC(F)(F)C(F)(F)C(F)(F)F)C(F)(F)F)C(F)(F)F)C(F)(F)F)C(F)(F)F. The van der Waals surface area contributed by atoms with Crippen LogP contribution in [0.15, 0.2) is 12.2 Å². The summed E-state index contributed by atoms with van der Waals surface area (Å²) in [5.74, 6) is -42.6. The lowest BCUT2D eigenvalue weighted by molar-refractivity contribution is -0.593. The molecule has 0 saturated heterocycles. The third-order valence-electron chi connectivity index (χ3n) is 7.47. The Labute approximate surface area is 366 Å². The minimum Gasteiger partial charge on any atom is -0.460 e. The molecule has 0 aliphatic heterocycles. The van der Waals surface area contributed by atoms with Gasteiger partial charge in [0.05, 0.1) is 18.8 Å². The second-order valence-electron chi connectivity index (χ2n) is 13.5. The number of hydrogen-bond donors (Lipinski definition) is 1. The molecule has 6 unspecified atom stereocenters. The fourth-order valence-electron chi connectivity index (χ4n) is 3.71. The Kier molecular flexibility index (Phi) is 22.4. The zero-order valence-electron chi connectivity index (χ0n) is 34.2. The van der Waals surface area contributed by atoms with Crippen molar-refractivity contribution in [3.8, 4) is 0 Å². The molecule has 0 saturated carbocycles. The molecule has 0 rings (SSSR count). The Morgan fingerprint density at radius 3 is 1.13 bits per heavy atom. The molecule has 414 valence electrons. The summed E-state index contributed by atoms with van der Waals surface area (Å²) in [5.41, 5.74) is 0.404. The van der Waals surface area contributed by atoms with Gasteiger partial charge in [-0.2, -0.15) is 127 Å². The number of unbranched alkanes of at least 4 members (excludes halogenated alkanes) is 3. The molecule has 0 heterocycles. The van der Waals surface area contributed by atoms with Crippen molar-refractivity contribution in [2.45, 2.75) is 150 Å². The highest BCUT2D eigenvalue weighted by molar-refractivity contribution is 5.86. The van der Waals surface area contributed by atoms with E-state index in [1.165, 1.54) is 24.0 Å². The normalized spacial score (nSPS) is 18.7. The second kappa shape index (κ2) is 22.8. The summed E-state index contributed by atoms with van der Waals surface area (Å²) < 4.78 is 402. The molecule has 0 radical (unpaired) electrons. The van der Waals surface area contributed by atoms with Gasteiger partial charge in [0.1, 0.15) is 13.2 Å². The minimum atomic E-state index is -9.19. The molecule has 38 heteroatoms. The number of ether oxygens (including phenoxy) is 7. The highest BCUT2D eigenvalue weighted by Crippen LogP contribution is 2.61. The van der Waals surface area contributed by atoms with Gasteiger partial charge in [-0.25, -0.2) is 4.79 Å². The lowest BCUT2D eigenvalue weighted by atomic mass is 10.2. The van der Waals surface area contributed by atoms with Crippen LogP contribution >= 0.6 is 0 Å². The fraction of sp³-hybridized carbons (Fsp3) is 0.903. The first-order valence-corrected chi connectivity index (χ1v) is 17.6. The van der Waals surface area contributed by atoms with Crippen molar-refractivity contribution < 1.29 is 170 Å². The molecular weight excluding hydrogens is 1070 g/mol. The molecule has 69 heavy (non-hydrogen) atoms. The maximum absolute atomic E-state index is 14.3. The number of carbonyl (C=O) groups excluding carboxylic acids is 1. The molecular formula is C31H33F29O9. The van der Waals surface area contributed by atoms with Gasteiger partial charge >= 0.3 is 90.6 Å². The van der Waals surface area contributed by atoms with E-state index in [1.54, 1.807) is 6.92 Å². The van der Waals surface area contributed by atoms with E-state index in [-0.39, 0.29) is 24.8 Å². The first-order valence-electron chi connectivity index (χ1n) is 17.6. The fourth-order valence-corrected chi connectivity index (χ4v) is 3.71. The average Bonchev–Trinajstić information content (AvgIpc) is 3.12. The monoisotopic (exact) mass is 1100 g/mol. The Hall–Kier alpha value is -3.10. The van der Waals surface area contributed by atoms with Crippen LogP contribution < -0.4 is 0 Å². The van der Waals surface area contributed by atoms with Crippen molar-refractivity contribution >= 4 is 5.97 Å². The van der Waals surface area contributed by atoms with Crippen LogP contribution in [0, 0.1) is 0 Å². The average molecular weight is 1100 g/mol. The molecule has 6 atom stereocenters. The predicted octanol–water partition coefficient (Wildman–Crippen LogP) is 12.0. The lowest BCUT2D eigenvalue weighted by Gasteiger charge is -2.44. The molecule has 0 fully saturated rings. The molecule has 0 aromatic heterocycles. The van der Waals surface area contributed by atoms with Gasteiger partial charge in [0.25, 0.3) is 0 Å². The third kappa shape index (κ3) is 16.2. The van der Waals surface area contributed by atoms with Gasteiger partial charge < -0.3 is 19.3 Å². The highest BCUT2D eigenvalue weighted by atomic mass is 19.4. The van der Waals surface area contributed by atoms with Crippen LogP contribution in [-0.4, -0.2) is 134 Å². The Morgan fingerprint density at radius 2 is 0.826 bits per heavy atom. The van der Waals surface area contributed by atoms with Gasteiger partial charge in [-0.1, -0.05) is 32.8 Å². The van der Waals surface area contributed by atoms with Crippen molar-refractivity contribution in [1.82, 2.24) is 0 Å². The van der Waals surface area contributed by atoms with Crippen molar-refractivity contribution in [3.63, 3.8) is 0 Å². The van der Waals surface area contributed by atoms with Gasteiger partial charge in [0, 0.05) is 12.2 Å². The maximum Gasteiger partial charge on any atom is 0.462 e. The van der Waals surface area contributed by atoms with Gasteiger partial charge in [0.15, 0.2) is 0 Å². The number of hydrogen-bond acceptors (Lipinski definition) is 9. The summed E-state index contributed by atoms with van der Waals surface area (Å²) in [6.45, 7) is 8.97. The van der Waals surface area contributed by atoms with E-state index < -0.39 is 91.3 Å². The molecule has 0 aliphatic rings. The summed E-state index contributed by atoms with van der Waals surface area (Å²) >= 11 is 0. The van der Waals surface area contributed by atoms with E-state index in [1.807, 2.05) is 13.8 Å². The van der Waals surface area contributed by atoms with Crippen molar-refractivity contribution in [1.29, 1.82) is 0 Å². The molecule has 0 aliphatic carbocycles. The van der Waals surface area contributed by atoms with E-state index in [0.29, 0.717) is 12.2 Å². The smallest absolute Gasteiger partial charge is 0.460 e. The zero-order valence-corrected chi connectivity index (χ0v) is 34.2. The molecule has 9 nitrogen and oxygen atoms in total. The van der Waals surface area contributed by atoms with Crippen LogP contribution in [0.25, 0.3) is 0 Å². The Bertz CT molecular complexity index is 1630.